The Labute approximate surface area is 302 Å². The van der Waals surface area contributed by atoms with Gasteiger partial charge in [-0.1, -0.05) is 11.2 Å². The molecule has 2 aliphatic heterocycles. The van der Waals surface area contributed by atoms with E-state index < -0.39 is 6.17 Å². The van der Waals surface area contributed by atoms with Crippen molar-refractivity contribution in [1.82, 2.24) is 5.32 Å². The molecule has 52 heavy (non-hydrogen) atoms. The van der Waals surface area contributed by atoms with Gasteiger partial charge in [-0.2, -0.15) is 0 Å². The first-order chi connectivity index (χ1) is 25.4. The molecule has 0 aromatic heterocycles. The number of fused-ring (bicyclic) bond motifs is 1. The van der Waals surface area contributed by atoms with Gasteiger partial charge in [-0.15, -0.1) is 0 Å². The Morgan fingerprint density at radius 2 is 1.33 bits per heavy atom. The third-order valence-electron chi connectivity index (χ3n) is 8.85. The van der Waals surface area contributed by atoms with Gasteiger partial charge in [0.05, 0.1) is 67.1 Å². The van der Waals surface area contributed by atoms with Crippen LogP contribution in [-0.4, -0.2) is 67.5 Å². The summed E-state index contributed by atoms with van der Waals surface area (Å²) in [6.07, 6.45) is 1.27. The van der Waals surface area contributed by atoms with E-state index in [2.05, 4.69) is 15.8 Å². The fourth-order valence-electron chi connectivity index (χ4n) is 6.07. The maximum Gasteiger partial charge on any atom is 0.255 e. The number of methoxy groups -OCH3 is 6. The molecule has 2 heterocycles. The van der Waals surface area contributed by atoms with Gasteiger partial charge in [-0.3, -0.25) is 4.79 Å². The molecule has 13 nitrogen and oxygen atoms in total. The molecule has 0 aliphatic carbocycles. The molecule has 4 aromatic carbocycles. The molecule has 4 aromatic rings. The van der Waals surface area contributed by atoms with Crippen LogP contribution < -0.4 is 48.5 Å². The topological polar surface area (TPSA) is 137 Å². The summed E-state index contributed by atoms with van der Waals surface area (Å²) in [6, 6.07) is 20.4. The summed E-state index contributed by atoms with van der Waals surface area (Å²) in [5, 5.41) is 10.7. The normalized spacial score (nSPS) is 16.0. The van der Waals surface area contributed by atoms with Crippen molar-refractivity contribution in [2.45, 2.75) is 31.5 Å². The zero-order chi connectivity index (χ0) is 36.6. The van der Waals surface area contributed by atoms with Crippen LogP contribution in [0.5, 0.6) is 46.0 Å². The number of ether oxygens (including phenoxy) is 8. The number of carbonyl (C=O) groups excluding carboxylic acids is 1. The molecule has 13 heteroatoms. The van der Waals surface area contributed by atoms with E-state index in [0.717, 1.165) is 40.9 Å². The first-order valence-corrected chi connectivity index (χ1v) is 16.8. The predicted molar refractivity (Wildman–Crippen MR) is 194 cm³/mol. The fraction of sp³-hybridized carbons (Fsp3) is 0.333. The molecule has 2 aliphatic rings. The van der Waals surface area contributed by atoms with Crippen LogP contribution in [0.15, 0.2) is 71.9 Å². The van der Waals surface area contributed by atoms with E-state index in [-0.39, 0.29) is 12.0 Å². The Bertz CT molecular complexity index is 1910. The highest BCUT2D eigenvalue weighted by molar-refractivity contribution is 6.02. The lowest BCUT2D eigenvalue weighted by Crippen LogP contribution is -2.38. The number of hydrogen-bond donors (Lipinski definition) is 2. The molecular formula is C39H43N3O10. The molecular weight excluding hydrogens is 670 g/mol. The molecule has 274 valence electrons. The lowest BCUT2D eigenvalue weighted by Gasteiger charge is -2.28. The zero-order valence-corrected chi connectivity index (χ0v) is 30.1. The van der Waals surface area contributed by atoms with E-state index in [1.165, 1.54) is 0 Å². The van der Waals surface area contributed by atoms with Crippen LogP contribution in [0.25, 0.3) is 0 Å². The SMILES string of the molecule is COc1ccc2c(c1)C(=O)NC(c1ccc(OCCCCOc3cc(C4=NOC(c5cc(OC)c(OC)c(OC)c5)C4)ccc3OC)c(OC)c1)N2. The van der Waals surface area contributed by atoms with Gasteiger partial charge in [0.15, 0.2) is 40.6 Å². The van der Waals surface area contributed by atoms with Crippen LogP contribution in [0.4, 0.5) is 5.69 Å². The maximum absolute atomic E-state index is 12.8. The first-order valence-electron chi connectivity index (χ1n) is 16.8. The molecule has 2 unspecified atom stereocenters. The largest absolute Gasteiger partial charge is 0.497 e. The monoisotopic (exact) mass is 713 g/mol. The third-order valence-corrected chi connectivity index (χ3v) is 8.85. The smallest absolute Gasteiger partial charge is 0.255 e. The highest BCUT2D eigenvalue weighted by atomic mass is 16.6. The number of carbonyl (C=O) groups is 1. The lowest BCUT2D eigenvalue weighted by molar-refractivity contribution is 0.0853. The highest BCUT2D eigenvalue weighted by Crippen LogP contribution is 2.43. The summed E-state index contributed by atoms with van der Waals surface area (Å²) < 4.78 is 45.1. The standard InChI is InChI=1S/C39H43N3O10/c1-44-26-11-12-28-27(21-26)39(43)41-38(40-28)24-10-14-31(33(18-24)46-3)50-15-7-8-16-51-34-17-23(9-13-30(34)45-2)29-22-32(52-42-29)25-19-35(47-4)37(49-6)36(20-25)48-5/h9-14,17-21,32,38,40H,7-8,15-16,22H2,1-6H3,(H,41,43). The van der Waals surface area contributed by atoms with Crippen molar-refractivity contribution in [3.63, 3.8) is 0 Å². The summed E-state index contributed by atoms with van der Waals surface area (Å²) in [6.45, 7) is 0.914. The Kier molecular flexibility index (Phi) is 11.3. The summed E-state index contributed by atoms with van der Waals surface area (Å²) in [7, 11) is 9.50. The molecule has 0 fully saturated rings. The Morgan fingerprint density at radius 3 is 2.00 bits per heavy atom. The van der Waals surface area contributed by atoms with Crippen molar-refractivity contribution < 1.29 is 47.5 Å². The van der Waals surface area contributed by atoms with Gasteiger partial charge in [-0.05, 0) is 79.1 Å². The van der Waals surface area contributed by atoms with Crippen molar-refractivity contribution in [1.29, 1.82) is 0 Å². The number of benzene rings is 4. The third kappa shape index (κ3) is 7.68. The van der Waals surface area contributed by atoms with E-state index in [1.54, 1.807) is 48.7 Å². The second-order valence-corrected chi connectivity index (χ2v) is 11.9. The summed E-state index contributed by atoms with van der Waals surface area (Å²) >= 11 is 0. The Hall–Kier alpha value is -5.98. The van der Waals surface area contributed by atoms with Gasteiger partial charge >= 0.3 is 0 Å². The van der Waals surface area contributed by atoms with Crippen LogP contribution in [-0.2, 0) is 4.84 Å². The van der Waals surface area contributed by atoms with E-state index in [4.69, 9.17) is 42.7 Å². The van der Waals surface area contributed by atoms with Crippen molar-refractivity contribution in [2.24, 2.45) is 5.16 Å². The second-order valence-electron chi connectivity index (χ2n) is 11.9. The minimum absolute atomic E-state index is 0.189. The van der Waals surface area contributed by atoms with Crippen molar-refractivity contribution in [3.05, 3.63) is 89.0 Å². The van der Waals surface area contributed by atoms with Crippen molar-refractivity contribution >= 4 is 17.3 Å². The van der Waals surface area contributed by atoms with E-state index in [0.29, 0.717) is 71.2 Å². The van der Waals surface area contributed by atoms with Crippen LogP contribution in [0.2, 0.25) is 0 Å². The van der Waals surface area contributed by atoms with Gasteiger partial charge in [0.25, 0.3) is 5.91 Å². The first kappa shape index (κ1) is 35.8. The van der Waals surface area contributed by atoms with Gasteiger partial charge in [0.1, 0.15) is 11.9 Å². The number of oxime groups is 1. The summed E-state index contributed by atoms with van der Waals surface area (Å²) in [5.74, 6) is 4.46. The number of hydrogen-bond acceptors (Lipinski definition) is 12. The van der Waals surface area contributed by atoms with E-state index in [1.807, 2.05) is 60.7 Å². The van der Waals surface area contributed by atoms with Crippen LogP contribution >= 0.6 is 0 Å². The molecule has 2 atom stereocenters. The minimum Gasteiger partial charge on any atom is -0.497 e. The van der Waals surface area contributed by atoms with Crippen LogP contribution in [0.1, 0.15) is 58.6 Å². The molecule has 0 radical (unpaired) electrons. The second kappa shape index (κ2) is 16.4. The van der Waals surface area contributed by atoms with Gasteiger partial charge in [0, 0.05) is 23.2 Å². The maximum atomic E-state index is 12.8. The Balaban J connectivity index is 1.01. The zero-order valence-electron chi connectivity index (χ0n) is 30.1. The van der Waals surface area contributed by atoms with Crippen LogP contribution in [0.3, 0.4) is 0 Å². The number of amides is 1. The number of nitrogens with zero attached hydrogens (tertiary/aromatic N) is 1. The lowest BCUT2D eigenvalue weighted by atomic mass is 9.99. The van der Waals surface area contributed by atoms with Crippen molar-refractivity contribution in [2.75, 3.05) is 61.2 Å². The number of nitrogens with one attached hydrogen (secondary N) is 2. The number of anilines is 1. The van der Waals surface area contributed by atoms with Gasteiger partial charge in [-0.25, -0.2) is 0 Å². The van der Waals surface area contributed by atoms with E-state index in [9.17, 15) is 4.79 Å². The molecule has 1 amide bonds. The fourth-order valence-corrected chi connectivity index (χ4v) is 6.07. The molecule has 0 bridgehead atoms. The van der Waals surface area contributed by atoms with Gasteiger partial charge < -0.3 is 53.4 Å². The molecule has 0 saturated heterocycles. The van der Waals surface area contributed by atoms with Crippen molar-refractivity contribution in [3.8, 4) is 46.0 Å². The minimum atomic E-state index is -0.430. The Morgan fingerprint density at radius 1 is 0.654 bits per heavy atom. The summed E-state index contributed by atoms with van der Waals surface area (Å²) in [4.78, 5) is 18.6. The molecule has 6 rings (SSSR count). The molecule has 2 N–H and O–H groups in total. The quantitative estimate of drug-likeness (QED) is 0.120. The summed E-state index contributed by atoms with van der Waals surface area (Å²) in [5.41, 5.74) is 4.59. The molecule has 0 spiro atoms. The molecule has 0 saturated carbocycles. The number of unbranched alkanes of at least 4 members (excludes halogenated alkanes) is 1. The van der Waals surface area contributed by atoms with Crippen LogP contribution in [0, 0.1) is 0 Å². The van der Waals surface area contributed by atoms with E-state index >= 15 is 0 Å². The number of rotatable bonds is 16. The predicted octanol–water partition coefficient (Wildman–Crippen LogP) is 6.70. The average Bonchev–Trinajstić information content (AvgIpc) is 3.69. The average molecular weight is 714 g/mol. The highest BCUT2D eigenvalue weighted by Gasteiger charge is 2.28. The van der Waals surface area contributed by atoms with Gasteiger partial charge in [0.2, 0.25) is 5.75 Å².